The van der Waals surface area contributed by atoms with Crippen molar-refractivity contribution in [3.8, 4) is 0 Å². The lowest BCUT2D eigenvalue weighted by atomic mass is 10.0. The van der Waals surface area contributed by atoms with Crippen LogP contribution in [-0.4, -0.2) is 76.9 Å². The zero-order valence-electron chi connectivity index (χ0n) is 14.4. The molecule has 3 aliphatic rings. The number of rotatable bonds is 4. The highest BCUT2D eigenvalue weighted by Gasteiger charge is 2.47. The summed E-state index contributed by atoms with van der Waals surface area (Å²) >= 11 is 0. The van der Waals surface area contributed by atoms with Gasteiger partial charge in [-0.25, -0.2) is 0 Å². The molecule has 0 unspecified atom stereocenters. The minimum Gasteiger partial charge on any atom is -0.347 e. The third-order valence-corrected chi connectivity index (χ3v) is 5.86. The highest BCUT2D eigenvalue weighted by atomic mass is 16.2. The Bertz CT molecular complexity index is 635. The number of aromatic nitrogens is 1. The van der Waals surface area contributed by atoms with Crippen molar-refractivity contribution in [2.45, 2.75) is 12.8 Å². The molecule has 2 amide bonds. The van der Waals surface area contributed by atoms with E-state index >= 15 is 0 Å². The first kappa shape index (κ1) is 15.7. The lowest BCUT2D eigenvalue weighted by Gasteiger charge is -2.24. The number of carbonyl (C=O) groups excluding carboxylic acids is 2. The average Bonchev–Trinajstić information content (AvgIpc) is 3.32. The smallest absolute Gasteiger partial charge is 0.270 e. The van der Waals surface area contributed by atoms with Crippen molar-refractivity contribution in [1.82, 2.24) is 19.3 Å². The lowest BCUT2D eigenvalue weighted by molar-refractivity contribution is -0.131. The first-order valence-corrected chi connectivity index (χ1v) is 9.05. The Hall–Kier alpha value is -1.82. The quantitative estimate of drug-likeness (QED) is 0.814. The monoisotopic (exact) mass is 330 g/mol. The second-order valence-electron chi connectivity index (χ2n) is 7.41. The van der Waals surface area contributed by atoms with Crippen LogP contribution in [0.1, 0.15) is 23.3 Å². The molecule has 3 fully saturated rings. The van der Waals surface area contributed by atoms with E-state index in [1.165, 1.54) is 25.9 Å². The maximum absolute atomic E-state index is 12.7. The number of hydrogen-bond acceptors (Lipinski definition) is 3. The molecule has 2 atom stereocenters. The first-order chi connectivity index (χ1) is 11.6. The van der Waals surface area contributed by atoms with Gasteiger partial charge < -0.3 is 19.3 Å². The van der Waals surface area contributed by atoms with Crippen LogP contribution >= 0.6 is 0 Å². The van der Waals surface area contributed by atoms with Crippen molar-refractivity contribution < 1.29 is 9.59 Å². The molecule has 0 spiro atoms. The van der Waals surface area contributed by atoms with Crippen LogP contribution in [-0.2, 0) is 11.8 Å². The minimum atomic E-state index is 0.00722. The first-order valence-electron chi connectivity index (χ1n) is 9.05. The van der Waals surface area contributed by atoms with Gasteiger partial charge in [0.05, 0.1) is 5.92 Å². The van der Waals surface area contributed by atoms with Crippen molar-refractivity contribution in [3.05, 3.63) is 24.0 Å². The van der Waals surface area contributed by atoms with Gasteiger partial charge in [-0.05, 0) is 38.1 Å². The maximum Gasteiger partial charge on any atom is 0.270 e. The fourth-order valence-electron chi connectivity index (χ4n) is 4.42. The number of hydrogen-bond donors (Lipinski definition) is 0. The number of carbonyl (C=O) groups is 2. The van der Waals surface area contributed by atoms with E-state index in [9.17, 15) is 9.59 Å². The molecule has 6 nitrogen and oxygen atoms in total. The summed E-state index contributed by atoms with van der Waals surface area (Å²) in [6.45, 7) is 6.29. The topological polar surface area (TPSA) is 48.8 Å². The number of amides is 2. The Morgan fingerprint density at radius 1 is 1.17 bits per heavy atom. The Morgan fingerprint density at radius 2 is 1.96 bits per heavy atom. The van der Waals surface area contributed by atoms with E-state index in [0.717, 1.165) is 19.6 Å². The molecule has 130 valence electrons. The standard InChI is InChI=1S/C18H26N4O2/c1-19-6-4-5-16(19)18(24)22-12-14-11-21(17(23)15(14)13-22)10-9-20-7-2-3-8-20/h4-6,14-15H,2-3,7-13H2,1H3/t14-,15+/m0/s1. The van der Waals surface area contributed by atoms with Crippen molar-refractivity contribution in [2.24, 2.45) is 18.9 Å². The fourth-order valence-corrected chi connectivity index (χ4v) is 4.42. The van der Waals surface area contributed by atoms with Crippen molar-refractivity contribution in [3.63, 3.8) is 0 Å². The van der Waals surface area contributed by atoms with Gasteiger partial charge in [-0.1, -0.05) is 0 Å². The zero-order chi connectivity index (χ0) is 16.7. The van der Waals surface area contributed by atoms with Crippen LogP contribution < -0.4 is 0 Å². The summed E-state index contributed by atoms with van der Waals surface area (Å²) in [5.41, 5.74) is 0.702. The molecular weight excluding hydrogens is 304 g/mol. The Morgan fingerprint density at radius 3 is 2.62 bits per heavy atom. The molecule has 3 saturated heterocycles. The molecule has 0 saturated carbocycles. The van der Waals surface area contributed by atoms with Gasteiger partial charge in [0.1, 0.15) is 5.69 Å². The summed E-state index contributed by atoms with van der Waals surface area (Å²) < 4.78 is 1.85. The van der Waals surface area contributed by atoms with Crippen LogP contribution in [0, 0.1) is 11.8 Å². The van der Waals surface area contributed by atoms with Crippen molar-refractivity contribution in [2.75, 3.05) is 45.8 Å². The molecule has 0 aromatic carbocycles. The van der Waals surface area contributed by atoms with Gasteiger partial charge in [0, 0.05) is 51.9 Å². The van der Waals surface area contributed by atoms with E-state index in [0.29, 0.717) is 24.7 Å². The molecule has 3 aliphatic heterocycles. The Labute approximate surface area is 143 Å². The van der Waals surface area contributed by atoms with E-state index in [4.69, 9.17) is 0 Å². The molecule has 4 rings (SSSR count). The van der Waals surface area contributed by atoms with Crippen LogP contribution in [0.2, 0.25) is 0 Å². The summed E-state index contributed by atoms with van der Waals surface area (Å²) in [6.07, 6.45) is 4.46. The molecule has 6 heteroatoms. The van der Waals surface area contributed by atoms with E-state index in [1.807, 2.05) is 39.7 Å². The molecule has 0 bridgehead atoms. The average molecular weight is 330 g/mol. The molecule has 1 aromatic heterocycles. The number of likely N-dealkylation sites (tertiary alicyclic amines) is 3. The molecule has 24 heavy (non-hydrogen) atoms. The maximum atomic E-state index is 12.7. The highest BCUT2D eigenvalue weighted by Crippen LogP contribution is 2.33. The van der Waals surface area contributed by atoms with Gasteiger partial charge in [-0.2, -0.15) is 0 Å². The second kappa shape index (κ2) is 6.24. The number of fused-ring (bicyclic) bond motifs is 1. The summed E-state index contributed by atoms with van der Waals surface area (Å²) in [6, 6.07) is 3.73. The van der Waals surface area contributed by atoms with E-state index < -0.39 is 0 Å². The van der Waals surface area contributed by atoms with E-state index in [2.05, 4.69) is 4.90 Å². The number of aryl methyl sites for hydroxylation is 1. The largest absolute Gasteiger partial charge is 0.347 e. The second-order valence-corrected chi connectivity index (χ2v) is 7.41. The fraction of sp³-hybridized carbons (Fsp3) is 0.667. The van der Waals surface area contributed by atoms with Gasteiger partial charge in [-0.3, -0.25) is 9.59 Å². The summed E-state index contributed by atoms with van der Waals surface area (Å²) in [7, 11) is 1.88. The molecule has 0 aliphatic carbocycles. The molecule has 0 N–H and O–H groups in total. The van der Waals surface area contributed by atoms with Gasteiger partial charge in [0.2, 0.25) is 5.91 Å². The predicted octanol–water partition coefficient (Wildman–Crippen LogP) is 0.651. The van der Waals surface area contributed by atoms with Crippen LogP contribution in [0.25, 0.3) is 0 Å². The summed E-state index contributed by atoms with van der Waals surface area (Å²) in [5, 5.41) is 0. The van der Waals surface area contributed by atoms with E-state index in [-0.39, 0.29) is 17.7 Å². The zero-order valence-corrected chi connectivity index (χ0v) is 14.4. The molecule has 4 heterocycles. The molecular formula is C18H26N4O2. The molecule has 0 radical (unpaired) electrons. The van der Waals surface area contributed by atoms with Crippen LogP contribution in [0.3, 0.4) is 0 Å². The van der Waals surface area contributed by atoms with E-state index in [1.54, 1.807) is 0 Å². The van der Waals surface area contributed by atoms with Gasteiger partial charge >= 0.3 is 0 Å². The Balaban J connectivity index is 1.34. The van der Waals surface area contributed by atoms with Gasteiger partial charge in [0.15, 0.2) is 0 Å². The third kappa shape index (κ3) is 2.73. The highest BCUT2D eigenvalue weighted by molar-refractivity contribution is 5.94. The predicted molar refractivity (Wildman–Crippen MR) is 90.6 cm³/mol. The minimum absolute atomic E-state index is 0.00722. The van der Waals surface area contributed by atoms with Gasteiger partial charge in [-0.15, -0.1) is 0 Å². The third-order valence-electron chi connectivity index (χ3n) is 5.86. The summed E-state index contributed by atoms with van der Waals surface area (Å²) in [4.78, 5) is 31.6. The molecule has 1 aromatic rings. The number of nitrogens with zero attached hydrogens (tertiary/aromatic N) is 4. The van der Waals surface area contributed by atoms with Crippen LogP contribution in [0.5, 0.6) is 0 Å². The van der Waals surface area contributed by atoms with Gasteiger partial charge in [0.25, 0.3) is 5.91 Å². The normalized spacial score (nSPS) is 27.3. The van der Waals surface area contributed by atoms with Crippen molar-refractivity contribution in [1.29, 1.82) is 0 Å². The lowest BCUT2D eigenvalue weighted by Crippen LogP contribution is -2.39. The van der Waals surface area contributed by atoms with Crippen LogP contribution in [0.4, 0.5) is 0 Å². The SMILES string of the molecule is Cn1cccc1C(=O)N1C[C@@H]2CN(CCN3CCCC3)C(=O)[C@@H]2C1. The van der Waals surface area contributed by atoms with Crippen molar-refractivity contribution >= 4 is 11.8 Å². The van der Waals surface area contributed by atoms with Crippen LogP contribution in [0.15, 0.2) is 18.3 Å². The summed E-state index contributed by atoms with van der Waals surface area (Å²) in [5.74, 6) is 0.614. The Kier molecular flexibility index (Phi) is 4.08.